The summed E-state index contributed by atoms with van der Waals surface area (Å²) >= 11 is 1.31. The molecule has 1 amide bonds. The maximum atomic E-state index is 12.9. The maximum Gasteiger partial charge on any atom is 0.244 e. The van der Waals surface area contributed by atoms with Gasteiger partial charge in [-0.25, -0.2) is 13.4 Å². The number of amides is 1. The lowest BCUT2D eigenvalue weighted by molar-refractivity contribution is -0.118. The van der Waals surface area contributed by atoms with Gasteiger partial charge in [0.25, 0.3) is 0 Å². The van der Waals surface area contributed by atoms with Crippen LogP contribution in [0.2, 0.25) is 0 Å². The molecule has 0 aliphatic rings. The van der Waals surface area contributed by atoms with E-state index in [0.717, 1.165) is 22.4 Å². The monoisotopic (exact) mass is 457 g/mol. The van der Waals surface area contributed by atoms with Crippen molar-refractivity contribution < 1.29 is 13.2 Å². The first-order valence-electron chi connectivity index (χ1n) is 10.1. The molecule has 2 aromatic carbocycles. The van der Waals surface area contributed by atoms with E-state index in [0.29, 0.717) is 11.6 Å². The fourth-order valence-corrected chi connectivity index (χ4v) is 4.96. The zero-order chi connectivity index (χ0) is 22.6. The number of carbonyl (C=O) groups is 1. The van der Waals surface area contributed by atoms with E-state index < -0.39 is 22.0 Å². The lowest BCUT2D eigenvalue weighted by Gasteiger charge is -2.19. The third-order valence-corrected chi connectivity index (χ3v) is 6.98. The lowest BCUT2D eigenvalue weighted by Crippen LogP contribution is -2.44. The maximum absolute atomic E-state index is 12.9. The fourth-order valence-electron chi connectivity index (χ4n) is 3.03. The molecule has 8 heteroatoms. The number of benzene rings is 2. The molecule has 0 aliphatic carbocycles. The number of hydrogen-bond acceptors (Lipinski definition) is 5. The molecule has 1 heterocycles. The molecule has 3 rings (SSSR count). The Morgan fingerprint density at radius 1 is 1.00 bits per heavy atom. The topological polar surface area (TPSA) is 88.2 Å². The zero-order valence-corrected chi connectivity index (χ0v) is 19.7. The molecular weight excluding hydrogens is 430 g/mol. The number of hydrogen-bond donors (Lipinski definition) is 2. The first-order chi connectivity index (χ1) is 14.6. The van der Waals surface area contributed by atoms with Gasteiger partial charge in [-0.05, 0) is 38.3 Å². The van der Waals surface area contributed by atoms with Gasteiger partial charge in [0.2, 0.25) is 15.9 Å². The Hall–Kier alpha value is -2.55. The number of aryl methyl sites for hydroxylation is 2. The summed E-state index contributed by atoms with van der Waals surface area (Å²) in [6.07, 6.45) is 0.368. The smallest absolute Gasteiger partial charge is 0.244 e. The van der Waals surface area contributed by atoms with Gasteiger partial charge in [-0.15, -0.1) is 11.3 Å². The fraction of sp³-hybridized carbons (Fsp3) is 0.304. The first-order valence-corrected chi connectivity index (χ1v) is 12.4. The molecule has 0 spiro atoms. The average Bonchev–Trinajstić information content (AvgIpc) is 3.16. The molecule has 0 saturated heterocycles. The van der Waals surface area contributed by atoms with Crippen LogP contribution in [-0.2, 0) is 14.8 Å². The predicted octanol–water partition coefficient (Wildman–Crippen LogP) is 4.76. The van der Waals surface area contributed by atoms with Crippen LogP contribution in [0.1, 0.15) is 31.4 Å². The summed E-state index contributed by atoms with van der Waals surface area (Å²) in [7, 11) is -3.83. The molecule has 0 radical (unpaired) electrons. The second-order valence-electron chi connectivity index (χ2n) is 8.01. The molecule has 2 N–H and O–H groups in total. The van der Waals surface area contributed by atoms with Crippen molar-refractivity contribution >= 4 is 32.4 Å². The van der Waals surface area contributed by atoms with Crippen molar-refractivity contribution in [2.45, 2.75) is 45.1 Å². The van der Waals surface area contributed by atoms with E-state index >= 15 is 0 Å². The Morgan fingerprint density at radius 2 is 1.58 bits per heavy atom. The Balaban J connectivity index is 1.76. The third kappa shape index (κ3) is 6.22. The van der Waals surface area contributed by atoms with Crippen LogP contribution >= 0.6 is 11.3 Å². The van der Waals surface area contributed by atoms with Gasteiger partial charge >= 0.3 is 0 Å². The molecule has 1 atom stereocenters. The normalized spacial score (nSPS) is 12.7. The molecule has 0 bridgehead atoms. The second-order valence-corrected chi connectivity index (χ2v) is 10.6. The summed E-state index contributed by atoms with van der Waals surface area (Å²) in [5.41, 5.74) is 3.84. The Morgan fingerprint density at radius 3 is 2.16 bits per heavy atom. The molecular formula is C23H27N3O3S2. The van der Waals surface area contributed by atoms with E-state index in [1.807, 2.05) is 57.3 Å². The van der Waals surface area contributed by atoms with Crippen LogP contribution in [-0.4, -0.2) is 25.4 Å². The number of anilines is 1. The van der Waals surface area contributed by atoms with Crippen LogP contribution in [0, 0.1) is 19.8 Å². The highest BCUT2D eigenvalue weighted by molar-refractivity contribution is 7.89. The SMILES string of the molecule is Cc1ccc(-c2csc(NC(=O)C(CC(C)C)NS(=O)(=O)c3ccc(C)cc3)n2)cc1. The van der Waals surface area contributed by atoms with E-state index in [4.69, 9.17) is 0 Å². The van der Waals surface area contributed by atoms with Crippen LogP contribution in [0.15, 0.2) is 58.8 Å². The van der Waals surface area contributed by atoms with E-state index in [-0.39, 0.29) is 10.8 Å². The minimum Gasteiger partial charge on any atom is -0.301 e. The molecule has 0 aliphatic heterocycles. The standard InChI is InChI=1S/C23H27N3O3S2/c1-15(2)13-20(26-31(28,29)19-11-7-17(4)8-12-19)22(27)25-23-24-21(14-30-23)18-9-5-16(3)6-10-18/h5-12,14-15,20,26H,13H2,1-4H3,(H,24,25,27). The van der Waals surface area contributed by atoms with Crippen molar-refractivity contribution in [3.63, 3.8) is 0 Å². The van der Waals surface area contributed by atoms with Crippen LogP contribution < -0.4 is 10.0 Å². The molecule has 3 aromatic rings. The van der Waals surface area contributed by atoms with Crippen molar-refractivity contribution in [3.05, 3.63) is 65.0 Å². The van der Waals surface area contributed by atoms with Crippen LogP contribution in [0.3, 0.4) is 0 Å². The highest BCUT2D eigenvalue weighted by Crippen LogP contribution is 2.25. The Labute approximate surface area is 187 Å². The largest absolute Gasteiger partial charge is 0.301 e. The quantitative estimate of drug-likeness (QED) is 0.510. The minimum absolute atomic E-state index is 0.121. The lowest BCUT2D eigenvalue weighted by atomic mass is 10.0. The van der Waals surface area contributed by atoms with E-state index in [1.54, 1.807) is 12.1 Å². The molecule has 1 unspecified atom stereocenters. The number of aromatic nitrogens is 1. The molecule has 0 fully saturated rings. The number of sulfonamides is 1. The molecule has 1 aromatic heterocycles. The van der Waals surface area contributed by atoms with Gasteiger partial charge < -0.3 is 5.32 Å². The molecule has 31 heavy (non-hydrogen) atoms. The van der Waals surface area contributed by atoms with Gasteiger partial charge in [0.15, 0.2) is 5.13 Å². The Bertz CT molecular complexity index is 1140. The highest BCUT2D eigenvalue weighted by atomic mass is 32.2. The van der Waals surface area contributed by atoms with E-state index in [2.05, 4.69) is 15.0 Å². The minimum atomic E-state index is -3.83. The predicted molar refractivity (Wildman–Crippen MR) is 126 cm³/mol. The van der Waals surface area contributed by atoms with Crippen LogP contribution in [0.25, 0.3) is 11.3 Å². The van der Waals surface area contributed by atoms with Crippen LogP contribution in [0.5, 0.6) is 0 Å². The number of nitrogens with one attached hydrogen (secondary N) is 2. The van der Waals surface area contributed by atoms with Gasteiger partial charge in [0.05, 0.1) is 10.6 Å². The molecule has 164 valence electrons. The van der Waals surface area contributed by atoms with Crippen molar-refractivity contribution in [2.75, 3.05) is 5.32 Å². The van der Waals surface area contributed by atoms with E-state index in [1.165, 1.54) is 23.5 Å². The molecule has 0 saturated carbocycles. The number of nitrogens with zero attached hydrogens (tertiary/aromatic N) is 1. The van der Waals surface area contributed by atoms with Crippen molar-refractivity contribution in [1.29, 1.82) is 0 Å². The Kier molecular flexibility index (Phi) is 7.25. The van der Waals surface area contributed by atoms with Crippen molar-refractivity contribution in [2.24, 2.45) is 5.92 Å². The van der Waals surface area contributed by atoms with Gasteiger partial charge in [-0.3, -0.25) is 4.79 Å². The van der Waals surface area contributed by atoms with E-state index in [9.17, 15) is 13.2 Å². The van der Waals surface area contributed by atoms with Gasteiger partial charge in [0, 0.05) is 10.9 Å². The average molecular weight is 458 g/mol. The van der Waals surface area contributed by atoms with Gasteiger partial charge in [0.1, 0.15) is 6.04 Å². The summed E-state index contributed by atoms with van der Waals surface area (Å²) in [5.74, 6) is -0.301. The summed E-state index contributed by atoms with van der Waals surface area (Å²) < 4.78 is 28.2. The first kappa shape index (κ1) is 23.1. The van der Waals surface area contributed by atoms with Gasteiger partial charge in [-0.1, -0.05) is 61.4 Å². The molecule has 6 nitrogen and oxygen atoms in total. The number of carbonyl (C=O) groups excluding carboxylic acids is 1. The summed E-state index contributed by atoms with van der Waals surface area (Å²) in [6.45, 7) is 7.79. The second kappa shape index (κ2) is 9.72. The third-order valence-electron chi connectivity index (χ3n) is 4.73. The summed E-state index contributed by atoms with van der Waals surface area (Å²) in [4.78, 5) is 17.6. The van der Waals surface area contributed by atoms with Crippen molar-refractivity contribution in [1.82, 2.24) is 9.71 Å². The number of thiazole rings is 1. The zero-order valence-electron chi connectivity index (χ0n) is 18.0. The highest BCUT2D eigenvalue weighted by Gasteiger charge is 2.27. The van der Waals surface area contributed by atoms with Gasteiger partial charge in [-0.2, -0.15) is 4.72 Å². The van der Waals surface area contributed by atoms with Crippen LogP contribution in [0.4, 0.5) is 5.13 Å². The van der Waals surface area contributed by atoms with Crippen molar-refractivity contribution in [3.8, 4) is 11.3 Å². The number of rotatable bonds is 8. The summed E-state index contributed by atoms with van der Waals surface area (Å²) in [5, 5.41) is 5.08. The summed E-state index contributed by atoms with van der Waals surface area (Å²) in [6, 6.07) is 13.6.